The molecule has 2 aromatic heterocycles. The Balaban J connectivity index is 1.69. The zero-order valence-corrected chi connectivity index (χ0v) is 21.9. The zero-order chi connectivity index (χ0) is 26.4. The van der Waals surface area contributed by atoms with Gasteiger partial charge in [0.15, 0.2) is 10.8 Å². The molecule has 0 aliphatic carbocycles. The van der Waals surface area contributed by atoms with Gasteiger partial charge in [0.25, 0.3) is 0 Å². The Morgan fingerprint density at radius 1 is 1.03 bits per heavy atom. The maximum absolute atomic E-state index is 12.9. The number of rotatable bonds is 10. The normalized spacial score (nSPS) is 12.3. The summed E-state index contributed by atoms with van der Waals surface area (Å²) in [6.45, 7) is 4.24. The molecule has 190 valence electrons. The van der Waals surface area contributed by atoms with Gasteiger partial charge in [-0.1, -0.05) is 62.4 Å². The summed E-state index contributed by atoms with van der Waals surface area (Å²) in [7, 11) is -2.17. The van der Waals surface area contributed by atoms with Crippen LogP contribution in [-0.4, -0.2) is 42.9 Å². The van der Waals surface area contributed by atoms with E-state index >= 15 is 0 Å². The molecule has 1 atom stereocenters. The summed E-state index contributed by atoms with van der Waals surface area (Å²) in [5.41, 5.74) is 2.56. The van der Waals surface area contributed by atoms with Crippen molar-refractivity contribution in [2.24, 2.45) is 5.92 Å². The van der Waals surface area contributed by atoms with Crippen LogP contribution in [0.15, 0.2) is 90.1 Å². The Morgan fingerprint density at radius 3 is 2.43 bits per heavy atom. The van der Waals surface area contributed by atoms with E-state index in [1.54, 1.807) is 41.1 Å². The number of hydrogen-bond donors (Lipinski definition) is 1. The molecule has 0 fully saturated rings. The minimum absolute atomic E-state index is 0.0158. The molecule has 4 rings (SSSR count). The van der Waals surface area contributed by atoms with Gasteiger partial charge in [-0.2, -0.15) is 13.5 Å². The maximum atomic E-state index is 12.9. The van der Waals surface area contributed by atoms with Gasteiger partial charge in [-0.25, -0.2) is 4.98 Å². The summed E-state index contributed by atoms with van der Waals surface area (Å²) in [4.78, 5) is 16.8. The molecule has 2 heterocycles. The molecule has 10 heteroatoms. The van der Waals surface area contributed by atoms with E-state index in [0.29, 0.717) is 17.2 Å². The Labute approximate surface area is 218 Å². The summed E-state index contributed by atoms with van der Waals surface area (Å²) in [5.74, 6) is 0.466. The number of benzene rings is 2. The molecule has 4 aromatic rings. The van der Waals surface area contributed by atoms with E-state index in [-0.39, 0.29) is 29.2 Å². The maximum Gasteiger partial charge on any atom is 0.356 e. The number of nitrogens with one attached hydrogen (secondary N) is 1. The van der Waals surface area contributed by atoms with Crippen molar-refractivity contribution in [3.8, 4) is 28.3 Å². The summed E-state index contributed by atoms with van der Waals surface area (Å²) in [5, 5.41) is 7.54. The second kappa shape index (κ2) is 11.4. The third-order valence-electron chi connectivity index (χ3n) is 5.63. The van der Waals surface area contributed by atoms with E-state index in [0.717, 1.165) is 17.7 Å². The van der Waals surface area contributed by atoms with Crippen molar-refractivity contribution in [1.29, 1.82) is 0 Å². The Hall–Kier alpha value is -3.92. The largest absolute Gasteiger partial charge is 0.377 e. The molecular weight excluding hydrogens is 487 g/mol. The number of nitrogens with zero attached hydrogens (tertiary/aromatic N) is 3. The molecule has 2 aromatic carbocycles. The second-order valence-corrected chi connectivity index (χ2v) is 10.7. The van der Waals surface area contributed by atoms with Gasteiger partial charge in [-0.05, 0) is 54.2 Å². The standard InChI is InChI=1S/C27H29BN4O4S/c1-19(2)16-25(28)30-26(33)18-32-23(20-10-4-3-5-11-20)17-22(31-32)21-12-6-7-13-24(21)36-37(34,35)27-14-8-9-15-29-27/h3-15,17,19,25H,16,18,28H2,1-2H3,(H,30,33)/t25-/m0/s1. The molecule has 0 aliphatic heterocycles. The van der Waals surface area contributed by atoms with Gasteiger partial charge in [-0.3, -0.25) is 9.48 Å². The molecule has 8 nitrogen and oxygen atoms in total. The van der Waals surface area contributed by atoms with Gasteiger partial charge in [0, 0.05) is 11.8 Å². The van der Waals surface area contributed by atoms with Gasteiger partial charge < -0.3 is 9.50 Å². The van der Waals surface area contributed by atoms with E-state index in [9.17, 15) is 13.2 Å². The number of carbonyl (C=O) groups excluding carboxylic acids is 1. The van der Waals surface area contributed by atoms with Crippen LogP contribution in [-0.2, 0) is 21.5 Å². The molecule has 1 N–H and O–H groups in total. The van der Waals surface area contributed by atoms with Crippen LogP contribution < -0.4 is 9.50 Å². The predicted molar refractivity (Wildman–Crippen MR) is 145 cm³/mol. The van der Waals surface area contributed by atoms with E-state index in [1.165, 1.54) is 12.3 Å². The average Bonchev–Trinajstić information content (AvgIpc) is 3.28. The molecule has 0 spiro atoms. The fourth-order valence-corrected chi connectivity index (χ4v) is 5.04. The number of amides is 1. The third-order valence-corrected chi connectivity index (χ3v) is 6.78. The highest BCUT2D eigenvalue weighted by Gasteiger charge is 2.22. The number of hydrogen-bond acceptors (Lipinski definition) is 6. The van der Waals surface area contributed by atoms with Crippen LogP contribution in [0.5, 0.6) is 5.75 Å². The lowest BCUT2D eigenvalue weighted by molar-refractivity contribution is -0.122. The van der Waals surface area contributed by atoms with E-state index in [4.69, 9.17) is 9.28 Å². The molecular formula is C27H29BN4O4S. The SMILES string of the molecule is B[C@H](CC(C)C)NC(=O)Cn1nc(-c2ccccc2OS(=O)(=O)c2ccccn2)cc1-c1ccccc1. The first kappa shape index (κ1) is 26.2. The molecule has 0 bridgehead atoms. The Bertz CT molecular complexity index is 1460. The van der Waals surface area contributed by atoms with E-state index in [1.807, 2.05) is 44.2 Å². The summed E-state index contributed by atoms with van der Waals surface area (Å²) in [6.07, 6.45) is 2.26. The molecule has 0 radical (unpaired) electrons. The Morgan fingerprint density at radius 2 is 1.73 bits per heavy atom. The van der Waals surface area contributed by atoms with E-state index < -0.39 is 10.1 Å². The van der Waals surface area contributed by atoms with Gasteiger partial charge >= 0.3 is 10.1 Å². The monoisotopic (exact) mass is 516 g/mol. The lowest BCUT2D eigenvalue weighted by atomic mass is 9.88. The molecule has 0 saturated heterocycles. The molecule has 0 saturated carbocycles. The minimum atomic E-state index is -4.15. The summed E-state index contributed by atoms with van der Waals surface area (Å²) < 4.78 is 32.8. The van der Waals surface area contributed by atoms with Crippen molar-refractivity contribution in [3.63, 3.8) is 0 Å². The van der Waals surface area contributed by atoms with Crippen LogP contribution in [0.4, 0.5) is 0 Å². The number of carbonyl (C=O) groups is 1. The number of aromatic nitrogens is 3. The van der Waals surface area contributed by atoms with Gasteiger partial charge in [0.1, 0.15) is 14.4 Å². The highest BCUT2D eigenvalue weighted by Crippen LogP contribution is 2.33. The first-order valence-electron chi connectivity index (χ1n) is 12.1. The summed E-state index contributed by atoms with van der Waals surface area (Å²) in [6, 6.07) is 22.8. The van der Waals surface area contributed by atoms with Crippen molar-refractivity contribution >= 4 is 23.9 Å². The van der Waals surface area contributed by atoms with Crippen LogP contribution >= 0.6 is 0 Å². The van der Waals surface area contributed by atoms with Crippen LogP contribution in [0.2, 0.25) is 0 Å². The van der Waals surface area contributed by atoms with Crippen molar-refractivity contribution in [2.75, 3.05) is 0 Å². The number of pyridine rings is 1. The molecule has 1 amide bonds. The van der Waals surface area contributed by atoms with E-state index in [2.05, 4.69) is 24.1 Å². The first-order chi connectivity index (χ1) is 17.7. The highest BCUT2D eigenvalue weighted by atomic mass is 32.2. The van der Waals surface area contributed by atoms with Crippen LogP contribution in [0, 0.1) is 5.92 Å². The van der Waals surface area contributed by atoms with Crippen LogP contribution in [0.1, 0.15) is 20.3 Å². The summed E-state index contributed by atoms with van der Waals surface area (Å²) >= 11 is 0. The highest BCUT2D eigenvalue weighted by molar-refractivity contribution is 7.87. The fourth-order valence-electron chi connectivity index (χ4n) is 4.14. The zero-order valence-electron chi connectivity index (χ0n) is 21.0. The van der Waals surface area contributed by atoms with Gasteiger partial charge in [-0.15, -0.1) is 0 Å². The average molecular weight is 516 g/mol. The smallest absolute Gasteiger partial charge is 0.356 e. The molecule has 0 aliphatic rings. The van der Waals surface area contributed by atoms with Crippen molar-refractivity contribution in [2.45, 2.75) is 37.8 Å². The molecule has 37 heavy (non-hydrogen) atoms. The minimum Gasteiger partial charge on any atom is -0.377 e. The van der Waals surface area contributed by atoms with Crippen molar-refractivity contribution < 1.29 is 17.4 Å². The lowest BCUT2D eigenvalue weighted by Gasteiger charge is -2.16. The predicted octanol–water partition coefficient (Wildman–Crippen LogP) is 3.50. The first-order valence-corrected chi connectivity index (χ1v) is 13.5. The third kappa shape index (κ3) is 6.65. The number of para-hydroxylation sites is 1. The van der Waals surface area contributed by atoms with Gasteiger partial charge in [0.2, 0.25) is 5.91 Å². The van der Waals surface area contributed by atoms with Crippen molar-refractivity contribution in [1.82, 2.24) is 20.1 Å². The lowest BCUT2D eigenvalue weighted by Crippen LogP contribution is -2.38. The quantitative estimate of drug-likeness (QED) is 0.256. The fraction of sp³-hybridized carbons (Fsp3) is 0.222. The van der Waals surface area contributed by atoms with Crippen LogP contribution in [0.25, 0.3) is 22.5 Å². The van der Waals surface area contributed by atoms with Gasteiger partial charge in [0.05, 0.1) is 11.4 Å². The second-order valence-electron chi connectivity index (χ2n) is 9.24. The molecule has 0 unspecified atom stereocenters. The Kier molecular flexibility index (Phi) is 8.08. The topological polar surface area (TPSA) is 103 Å². The van der Waals surface area contributed by atoms with Crippen LogP contribution in [0.3, 0.4) is 0 Å². The van der Waals surface area contributed by atoms with Crippen molar-refractivity contribution in [3.05, 3.63) is 85.1 Å².